The van der Waals surface area contributed by atoms with E-state index in [1.54, 1.807) is 24.3 Å². The number of carbonyl (C=O) groups excluding carboxylic acids is 2. The Kier molecular flexibility index (Phi) is 4.96. The number of methoxy groups -OCH3 is 1. The van der Waals surface area contributed by atoms with Gasteiger partial charge in [0.05, 0.1) is 16.1 Å². The maximum atomic E-state index is 12.9. The average molecular weight is 468 g/mol. The molecule has 0 amide bonds. The highest BCUT2D eigenvalue weighted by atomic mass is 79.9. The number of esters is 1. The molecule has 0 aromatic heterocycles. The van der Waals surface area contributed by atoms with Crippen LogP contribution >= 0.6 is 31.9 Å². The second-order valence-corrected chi connectivity index (χ2v) is 6.99. The monoisotopic (exact) mass is 466 g/mol. The first kappa shape index (κ1) is 17.7. The molecular formula is C18H12Br2O5. The van der Waals surface area contributed by atoms with Gasteiger partial charge in [-0.15, -0.1) is 0 Å². The lowest BCUT2D eigenvalue weighted by molar-refractivity contribution is -0.135. The normalized spacial score (nSPS) is 13.8. The van der Waals surface area contributed by atoms with E-state index in [2.05, 4.69) is 31.9 Å². The minimum Gasteiger partial charge on any atom is -0.508 e. The lowest BCUT2D eigenvalue weighted by Gasteiger charge is -2.09. The molecule has 0 atom stereocenters. The summed E-state index contributed by atoms with van der Waals surface area (Å²) in [6.07, 6.45) is 0. The molecule has 2 aromatic carbocycles. The second-order valence-electron chi connectivity index (χ2n) is 5.28. The molecule has 1 aliphatic heterocycles. The Labute approximate surface area is 160 Å². The largest absolute Gasteiger partial charge is 0.508 e. The van der Waals surface area contributed by atoms with E-state index in [1.165, 1.54) is 19.2 Å². The van der Waals surface area contributed by atoms with Crippen molar-refractivity contribution in [2.75, 3.05) is 13.7 Å². The fraction of sp³-hybridized carbons (Fsp3) is 0.111. The Morgan fingerprint density at radius 2 is 1.76 bits per heavy atom. The predicted octanol–water partition coefficient (Wildman–Crippen LogP) is 4.12. The van der Waals surface area contributed by atoms with Crippen molar-refractivity contribution in [3.8, 4) is 11.5 Å². The number of phenolic OH excluding ortho intramolecular Hbond substituents is 1. The van der Waals surface area contributed by atoms with Crippen LogP contribution in [0, 0.1) is 0 Å². The van der Waals surface area contributed by atoms with Gasteiger partial charge in [-0.25, -0.2) is 4.79 Å². The third kappa shape index (κ3) is 3.34. The van der Waals surface area contributed by atoms with Crippen molar-refractivity contribution in [3.63, 3.8) is 0 Å². The Balaban J connectivity index is 2.09. The third-order valence-corrected chi connectivity index (χ3v) is 4.94. The highest BCUT2D eigenvalue weighted by Crippen LogP contribution is 2.36. The molecule has 0 unspecified atom stereocenters. The first-order chi connectivity index (χ1) is 11.9. The third-order valence-electron chi connectivity index (χ3n) is 3.76. The van der Waals surface area contributed by atoms with Crippen LogP contribution in [0.2, 0.25) is 0 Å². The van der Waals surface area contributed by atoms with Crippen LogP contribution in [0.15, 0.2) is 50.9 Å². The highest BCUT2D eigenvalue weighted by Gasteiger charge is 2.32. The number of benzene rings is 2. The molecule has 0 spiro atoms. The van der Waals surface area contributed by atoms with Crippen LogP contribution in [0.5, 0.6) is 11.5 Å². The van der Waals surface area contributed by atoms with Gasteiger partial charge in [0, 0.05) is 11.1 Å². The number of carbonyl (C=O) groups is 2. The maximum absolute atomic E-state index is 12.9. The summed E-state index contributed by atoms with van der Waals surface area (Å²) in [6.45, 7) is 0.0170. The Morgan fingerprint density at radius 1 is 1.16 bits per heavy atom. The molecule has 1 N–H and O–H groups in total. The number of hydrogen-bond acceptors (Lipinski definition) is 5. The van der Waals surface area contributed by atoms with Gasteiger partial charge >= 0.3 is 5.97 Å². The van der Waals surface area contributed by atoms with Crippen LogP contribution in [0.25, 0.3) is 5.57 Å². The van der Waals surface area contributed by atoms with Gasteiger partial charge in [0.2, 0.25) is 5.78 Å². The van der Waals surface area contributed by atoms with Crippen LogP contribution in [-0.2, 0) is 9.53 Å². The van der Waals surface area contributed by atoms with E-state index in [1.807, 2.05) is 0 Å². The molecule has 0 fully saturated rings. The number of hydrogen-bond donors (Lipinski definition) is 1. The molecule has 1 aliphatic rings. The zero-order valence-electron chi connectivity index (χ0n) is 13.0. The number of ether oxygens (including phenoxy) is 2. The quantitative estimate of drug-likeness (QED) is 0.416. The maximum Gasteiger partial charge on any atom is 0.342 e. The van der Waals surface area contributed by atoms with Gasteiger partial charge in [0.15, 0.2) is 0 Å². The molecule has 7 heteroatoms. The van der Waals surface area contributed by atoms with Crippen molar-refractivity contribution in [3.05, 3.63) is 62.0 Å². The number of Topliss-reactive ketones (excluding diaryl/α,β-unsaturated/α-hetero) is 1. The van der Waals surface area contributed by atoms with E-state index in [0.29, 0.717) is 31.4 Å². The second kappa shape index (κ2) is 7.01. The van der Waals surface area contributed by atoms with Crippen molar-refractivity contribution in [2.45, 2.75) is 0 Å². The van der Waals surface area contributed by atoms with Gasteiger partial charge in [0.25, 0.3) is 0 Å². The summed E-state index contributed by atoms with van der Waals surface area (Å²) in [5.41, 5.74) is 1.47. The first-order valence-electron chi connectivity index (χ1n) is 7.19. The van der Waals surface area contributed by atoms with E-state index in [9.17, 15) is 14.7 Å². The predicted molar refractivity (Wildman–Crippen MR) is 98.7 cm³/mol. The molecule has 128 valence electrons. The zero-order valence-corrected chi connectivity index (χ0v) is 16.2. The summed E-state index contributed by atoms with van der Waals surface area (Å²) in [6, 6.07) is 9.46. The van der Waals surface area contributed by atoms with Crippen molar-refractivity contribution in [2.24, 2.45) is 0 Å². The molecule has 0 bridgehead atoms. The van der Waals surface area contributed by atoms with Crippen molar-refractivity contribution in [1.29, 1.82) is 0 Å². The smallest absolute Gasteiger partial charge is 0.342 e. The van der Waals surface area contributed by atoms with Gasteiger partial charge in [-0.05, 0) is 61.7 Å². The van der Waals surface area contributed by atoms with Crippen LogP contribution < -0.4 is 4.74 Å². The van der Waals surface area contributed by atoms with Gasteiger partial charge in [-0.3, -0.25) is 4.79 Å². The molecule has 0 aliphatic carbocycles. The van der Waals surface area contributed by atoms with E-state index in [0.717, 1.165) is 0 Å². The lowest BCUT2D eigenvalue weighted by atomic mass is 9.96. The number of cyclic esters (lactones) is 1. The van der Waals surface area contributed by atoms with Crippen LogP contribution in [-0.4, -0.2) is 30.6 Å². The summed E-state index contributed by atoms with van der Waals surface area (Å²) < 4.78 is 11.5. The molecule has 2 aromatic rings. The topological polar surface area (TPSA) is 72.8 Å². The summed E-state index contributed by atoms with van der Waals surface area (Å²) in [4.78, 5) is 25.1. The molecular weight excluding hydrogens is 456 g/mol. The summed E-state index contributed by atoms with van der Waals surface area (Å²) in [5, 5.41) is 9.41. The van der Waals surface area contributed by atoms with Crippen LogP contribution in [0.1, 0.15) is 15.9 Å². The van der Waals surface area contributed by atoms with Gasteiger partial charge in [-0.2, -0.15) is 0 Å². The lowest BCUT2D eigenvalue weighted by Crippen LogP contribution is -2.11. The summed E-state index contributed by atoms with van der Waals surface area (Å²) in [5.74, 6) is -0.436. The number of aromatic hydroxyl groups is 1. The van der Waals surface area contributed by atoms with E-state index in [-0.39, 0.29) is 17.9 Å². The minimum atomic E-state index is -0.656. The van der Waals surface area contributed by atoms with Crippen molar-refractivity contribution >= 4 is 49.2 Å². The fourth-order valence-electron chi connectivity index (χ4n) is 2.56. The van der Waals surface area contributed by atoms with Gasteiger partial charge in [-0.1, -0.05) is 12.1 Å². The first-order valence-corrected chi connectivity index (χ1v) is 8.78. The number of ketones is 1. The molecule has 1 heterocycles. The standard InChI is InChI=1S/C18H12Br2O5/c1-24-17-13(19)6-10(7-14(17)20)16(22)15-12(8-25-18(15)23)9-2-4-11(21)5-3-9/h2-7,21H,8H2,1H3. The van der Waals surface area contributed by atoms with Crippen LogP contribution in [0.4, 0.5) is 0 Å². The van der Waals surface area contributed by atoms with Crippen molar-refractivity contribution in [1.82, 2.24) is 0 Å². The Morgan fingerprint density at radius 3 is 2.32 bits per heavy atom. The van der Waals surface area contributed by atoms with Gasteiger partial charge < -0.3 is 14.6 Å². The Hall–Kier alpha value is -2.12. The summed E-state index contributed by atoms with van der Waals surface area (Å²) in [7, 11) is 1.52. The molecule has 0 saturated carbocycles. The molecule has 5 nitrogen and oxygen atoms in total. The average Bonchev–Trinajstić information content (AvgIpc) is 2.96. The van der Waals surface area contributed by atoms with E-state index >= 15 is 0 Å². The SMILES string of the molecule is COc1c(Br)cc(C(=O)C2=C(c3ccc(O)cc3)COC2=O)cc1Br. The number of phenols is 1. The fourth-order valence-corrected chi connectivity index (χ4v) is 4.07. The number of rotatable bonds is 4. The number of halogens is 2. The van der Waals surface area contributed by atoms with E-state index < -0.39 is 11.8 Å². The zero-order chi connectivity index (χ0) is 18.1. The van der Waals surface area contributed by atoms with Gasteiger partial charge in [0.1, 0.15) is 23.7 Å². The Bertz CT molecular complexity index is 877. The van der Waals surface area contributed by atoms with Crippen LogP contribution in [0.3, 0.4) is 0 Å². The molecule has 0 radical (unpaired) electrons. The molecule has 0 saturated heterocycles. The molecule has 25 heavy (non-hydrogen) atoms. The summed E-state index contributed by atoms with van der Waals surface area (Å²) >= 11 is 6.70. The minimum absolute atomic E-state index is 0.00495. The van der Waals surface area contributed by atoms with E-state index in [4.69, 9.17) is 9.47 Å². The highest BCUT2D eigenvalue weighted by molar-refractivity contribution is 9.11. The molecule has 3 rings (SSSR count). The van der Waals surface area contributed by atoms with Crippen molar-refractivity contribution < 1.29 is 24.2 Å².